The molecule has 0 aromatic heterocycles. The van der Waals surface area contributed by atoms with Crippen LogP contribution in [0.4, 0.5) is 5.69 Å². The van der Waals surface area contributed by atoms with E-state index in [2.05, 4.69) is 21.2 Å². The Hall–Kier alpha value is -1.66. The topological polar surface area (TPSA) is 63.2 Å². The zero-order chi connectivity index (χ0) is 15.6. The van der Waals surface area contributed by atoms with Crippen LogP contribution in [0.1, 0.15) is 15.9 Å². The molecule has 2 aromatic rings. The second-order valence-corrected chi connectivity index (χ2v) is 7.59. The molecule has 21 heavy (non-hydrogen) atoms. The normalized spacial score (nSPS) is 11.2. The van der Waals surface area contributed by atoms with E-state index in [9.17, 15) is 13.2 Å². The molecule has 0 atom stereocenters. The largest absolute Gasteiger partial charge is 0.322 e. The van der Waals surface area contributed by atoms with E-state index in [0.717, 1.165) is 16.3 Å². The summed E-state index contributed by atoms with van der Waals surface area (Å²) in [7, 11) is -3.30. The first-order valence-corrected chi connectivity index (χ1v) is 8.83. The van der Waals surface area contributed by atoms with Crippen molar-refractivity contribution in [3.63, 3.8) is 0 Å². The van der Waals surface area contributed by atoms with E-state index < -0.39 is 9.84 Å². The molecule has 110 valence electrons. The number of rotatable bonds is 3. The van der Waals surface area contributed by atoms with Gasteiger partial charge in [0.05, 0.1) is 4.90 Å². The minimum atomic E-state index is -3.30. The maximum atomic E-state index is 12.2. The molecule has 0 spiro atoms. The predicted octanol–water partition coefficient (Wildman–Crippen LogP) is 3.41. The van der Waals surface area contributed by atoms with Crippen LogP contribution in [0.5, 0.6) is 0 Å². The monoisotopic (exact) mass is 367 g/mol. The molecule has 0 saturated heterocycles. The third kappa shape index (κ3) is 3.92. The summed E-state index contributed by atoms with van der Waals surface area (Å²) < 4.78 is 23.9. The minimum Gasteiger partial charge on any atom is -0.322 e. The van der Waals surface area contributed by atoms with Crippen LogP contribution >= 0.6 is 15.9 Å². The Morgan fingerprint density at radius 1 is 1.14 bits per heavy atom. The van der Waals surface area contributed by atoms with E-state index in [-0.39, 0.29) is 10.8 Å². The van der Waals surface area contributed by atoms with Crippen molar-refractivity contribution >= 4 is 37.4 Å². The Balaban J connectivity index is 2.25. The van der Waals surface area contributed by atoms with Crippen LogP contribution < -0.4 is 5.32 Å². The van der Waals surface area contributed by atoms with Gasteiger partial charge in [0.25, 0.3) is 5.91 Å². The summed E-state index contributed by atoms with van der Waals surface area (Å²) in [5.41, 5.74) is 1.91. The van der Waals surface area contributed by atoms with Gasteiger partial charge in [-0.15, -0.1) is 0 Å². The number of nitrogens with one attached hydrogen (secondary N) is 1. The van der Waals surface area contributed by atoms with Crippen LogP contribution in [0.25, 0.3) is 0 Å². The highest BCUT2D eigenvalue weighted by atomic mass is 79.9. The molecule has 2 aromatic carbocycles. The second kappa shape index (κ2) is 5.99. The number of amides is 1. The summed E-state index contributed by atoms with van der Waals surface area (Å²) in [6, 6.07) is 11.5. The summed E-state index contributed by atoms with van der Waals surface area (Å²) in [6.07, 6.45) is 1.13. The molecule has 0 aliphatic heterocycles. The van der Waals surface area contributed by atoms with Gasteiger partial charge in [0.1, 0.15) is 0 Å². The van der Waals surface area contributed by atoms with E-state index in [1.165, 1.54) is 12.1 Å². The summed E-state index contributed by atoms with van der Waals surface area (Å²) in [5, 5.41) is 2.70. The first kappa shape index (κ1) is 15.7. The smallest absolute Gasteiger partial charge is 0.255 e. The SMILES string of the molecule is Cc1cc(C(=O)Nc2cccc(S(C)(=O)=O)c2)ccc1Br. The second-order valence-electron chi connectivity index (χ2n) is 4.72. The molecule has 2 rings (SSSR count). The number of aryl methyl sites for hydroxylation is 1. The van der Waals surface area contributed by atoms with Gasteiger partial charge in [0.15, 0.2) is 9.84 Å². The Bertz CT molecular complexity index is 800. The number of anilines is 1. The fourth-order valence-corrected chi connectivity index (χ4v) is 2.71. The van der Waals surface area contributed by atoms with Crippen molar-refractivity contribution in [2.45, 2.75) is 11.8 Å². The van der Waals surface area contributed by atoms with Gasteiger partial charge in [-0.2, -0.15) is 0 Å². The molecule has 0 radical (unpaired) electrons. The summed E-state index contributed by atoms with van der Waals surface area (Å²) >= 11 is 3.38. The van der Waals surface area contributed by atoms with Crippen molar-refractivity contribution in [1.29, 1.82) is 0 Å². The lowest BCUT2D eigenvalue weighted by Gasteiger charge is -2.08. The maximum Gasteiger partial charge on any atom is 0.255 e. The van der Waals surface area contributed by atoms with Gasteiger partial charge in [-0.05, 0) is 48.9 Å². The third-order valence-corrected chi connectivity index (χ3v) is 4.94. The van der Waals surface area contributed by atoms with Crippen molar-refractivity contribution in [2.75, 3.05) is 11.6 Å². The highest BCUT2D eigenvalue weighted by Crippen LogP contribution is 2.19. The average Bonchev–Trinajstić information content (AvgIpc) is 2.41. The number of halogens is 1. The quantitative estimate of drug-likeness (QED) is 0.903. The van der Waals surface area contributed by atoms with Gasteiger partial charge in [-0.25, -0.2) is 8.42 Å². The van der Waals surface area contributed by atoms with Crippen LogP contribution in [0.15, 0.2) is 51.8 Å². The molecule has 1 N–H and O–H groups in total. The highest BCUT2D eigenvalue weighted by molar-refractivity contribution is 9.10. The molecule has 4 nitrogen and oxygen atoms in total. The third-order valence-electron chi connectivity index (χ3n) is 2.94. The molecular formula is C15H14BrNO3S. The summed E-state index contributed by atoms with van der Waals surface area (Å²) in [5.74, 6) is -0.281. The molecule has 6 heteroatoms. The van der Waals surface area contributed by atoms with E-state index in [1.54, 1.807) is 30.3 Å². The first-order chi connectivity index (χ1) is 9.77. The number of hydrogen-bond donors (Lipinski definition) is 1. The molecule has 1 amide bonds. The summed E-state index contributed by atoms with van der Waals surface area (Å²) in [6.45, 7) is 1.89. The Kier molecular flexibility index (Phi) is 4.49. The fourth-order valence-electron chi connectivity index (χ4n) is 1.79. The number of carbonyl (C=O) groups is 1. The van der Waals surface area contributed by atoms with Gasteiger partial charge >= 0.3 is 0 Å². The molecular weight excluding hydrogens is 354 g/mol. The van der Waals surface area contributed by atoms with Gasteiger partial charge in [0.2, 0.25) is 0 Å². The zero-order valence-electron chi connectivity index (χ0n) is 11.6. The summed E-state index contributed by atoms with van der Waals surface area (Å²) in [4.78, 5) is 12.3. The van der Waals surface area contributed by atoms with Crippen molar-refractivity contribution in [2.24, 2.45) is 0 Å². The van der Waals surface area contributed by atoms with Crippen molar-refractivity contribution in [1.82, 2.24) is 0 Å². The number of benzene rings is 2. The number of carbonyl (C=O) groups excluding carboxylic acids is 1. The standard InChI is InChI=1S/C15H14BrNO3S/c1-10-8-11(6-7-14(10)16)15(18)17-12-4-3-5-13(9-12)21(2,19)20/h3-9H,1-2H3,(H,17,18). The van der Waals surface area contributed by atoms with Crippen LogP contribution in [0, 0.1) is 6.92 Å². The van der Waals surface area contributed by atoms with Gasteiger partial charge in [-0.3, -0.25) is 4.79 Å². The van der Waals surface area contributed by atoms with Crippen LogP contribution in [0.2, 0.25) is 0 Å². The van der Waals surface area contributed by atoms with Crippen LogP contribution in [0.3, 0.4) is 0 Å². The number of sulfone groups is 1. The van der Waals surface area contributed by atoms with Crippen molar-refractivity contribution in [3.05, 3.63) is 58.1 Å². The molecule has 0 fully saturated rings. The Morgan fingerprint density at radius 2 is 1.86 bits per heavy atom. The molecule has 0 aliphatic rings. The van der Waals surface area contributed by atoms with Crippen molar-refractivity contribution < 1.29 is 13.2 Å². The molecule has 0 saturated carbocycles. The number of hydrogen-bond acceptors (Lipinski definition) is 3. The van der Waals surface area contributed by atoms with E-state index in [4.69, 9.17) is 0 Å². The lowest BCUT2D eigenvalue weighted by molar-refractivity contribution is 0.102. The fraction of sp³-hybridized carbons (Fsp3) is 0.133. The van der Waals surface area contributed by atoms with Gasteiger partial charge in [0, 0.05) is 22.0 Å². The van der Waals surface area contributed by atoms with E-state index in [1.807, 2.05) is 6.92 Å². The maximum absolute atomic E-state index is 12.2. The Labute approximate surface area is 132 Å². The molecule has 0 bridgehead atoms. The van der Waals surface area contributed by atoms with Crippen LogP contribution in [-0.4, -0.2) is 20.6 Å². The average molecular weight is 368 g/mol. The molecule has 0 unspecified atom stereocenters. The van der Waals surface area contributed by atoms with Crippen LogP contribution in [-0.2, 0) is 9.84 Å². The molecule has 0 heterocycles. The molecule has 0 aliphatic carbocycles. The zero-order valence-corrected chi connectivity index (χ0v) is 14.0. The minimum absolute atomic E-state index is 0.173. The van der Waals surface area contributed by atoms with E-state index >= 15 is 0 Å². The highest BCUT2D eigenvalue weighted by Gasteiger charge is 2.10. The van der Waals surface area contributed by atoms with E-state index in [0.29, 0.717) is 11.3 Å². The first-order valence-electron chi connectivity index (χ1n) is 6.15. The predicted molar refractivity (Wildman–Crippen MR) is 86.4 cm³/mol. The van der Waals surface area contributed by atoms with Gasteiger partial charge in [-0.1, -0.05) is 22.0 Å². The Morgan fingerprint density at radius 3 is 2.48 bits per heavy atom. The van der Waals surface area contributed by atoms with Gasteiger partial charge < -0.3 is 5.32 Å². The lowest BCUT2D eigenvalue weighted by atomic mass is 10.1. The van der Waals surface area contributed by atoms with Crippen molar-refractivity contribution in [3.8, 4) is 0 Å². The lowest BCUT2D eigenvalue weighted by Crippen LogP contribution is -2.12.